The van der Waals surface area contributed by atoms with Crippen LogP contribution in [0.2, 0.25) is 0 Å². The number of nitrogens with one attached hydrogen (secondary N) is 1. The van der Waals surface area contributed by atoms with Crippen molar-refractivity contribution in [3.05, 3.63) is 30.3 Å². The molecule has 1 aromatic rings. The number of rotatable bonds is 8. The number of ether oxygens (including phenoxy) is 1. The Balaban J connectivity index is 2.49. The molecule has 21 heavy (non-hydrogen) atoms. The van der Waals surface area contributed by atoms with Gasteiger partial charge in [-0.3, -0.25) is 9.59 Å². The van der Waals surface area contributed by atoms with Gasteiger partial charge in [-0.2, -0.15) is 0 Å². The summed E-state index contributed by atoms with van der Waals surface area (Å²) in [5.41, 5.74) is 0.698. The lowest BCUT2D eigenvalue weighted by Crippen LogP contribution is -2.32. The summed E-state index contributed by atoms with van der Waals surface area (Å²) < 4.78 is 5.28. The maximum atomic E-state index is 12.0. The molecule has 0 bridgehead atoms. The van der Waals surface area contributed by atoms with Crippen LogP contribution in [0.4, 0.5) is 5.69 Å². The highest BCUT2D eigenvalue weighted by atomic mass is 16.5. The van der Waals surface area contributed by atoms with Crippen molar-refractivity contribution in [3.8, 4) is 0 Å². The van der Waals surface area contributed by atoms with Gasteiger partial charge in [0, 0.05) is 5.69 Å². The van der Waals surface area contributed by atoms with Gasteiger partial charge in [-0.25, -0.2) is 0 Å². The van der Waals surface area contributed by atoms with Gasteiger partial charge in [0.25, 0.3) is 5.91 Å². The number of amides is 1. The molecule has 0 radical (unpaired) electrons. The zero-order valence-electron chi connectivity index (χ0n) is 13.1. The molecule has 4 heteroatoms. The predicted octanol–water partition coefficient (Wildman–Crippen LogP) is 3.77. The van der Waals surface area contributed by atoms with Gasteiger partial charge >= 0.3 is 5.97 Å². The van der Waals surface area contributed by atoms with Crippen molar-refractivity contribution >= 4 is 17.6 Å². The summed E-state index contributed by atoms with van der Waals surface area (Å²) in [5.74, 6) is -0.696. The molecular formula is C17H25NO3. The smallest absolute Gasteiger partial charge is 0.309 e. The third-order valence-electron chi connectivity index (χ3n) is 3.44. The van der Waals surface area contributed by atoms with Crippen LogP contribution in [0.25, 0.3) is 0 Å². The highest BCUT2D eigenvalue weighted by Crippen LogP contribution is 2.16. The first-order valence-corrected chi connectivity index (χ1v) is 7.64. The van der Waals surface area contributed by atoms with Crippen molar-refractivity contribution in [2.45, 2.75) is 52.6 Å². The molecule has 1 amide bonds. The van der Waals surface area contributed by atoms with Crippen LogP contribution in [-0.4, -0.2) is 18.0 Å². The average molecular weight is 291 g/mol. The van der Waals surface area contributed by atoms with Crippen LogP contribution in [0.5, 0.6) is 0 Å². The molecule has 0 heterocycles. The quantitative estimate of drug-likeness (QED) is 0.742. The fourth-order valence-electron chi connectivity index (χ4n) is 2.03. The monoisotopic (exact) mass is 291 g/mol. The molecule has 1 N–H and O–H groups in total. The van der Waals surface area contributed by atoms with Gasteiger partial charge in [0.15, 0.2) is 6.10 Å². The number of unbranched alkanes of at least 4 members (excludes halogenated alkanes) is 1. The molecule has 0 saturated carbocycles. The Kier molecular flexibility index (Phi) is 7.51. The molecule has 0 spiro atoms. The first-order chi connectivity index (χ1) is 10.1. The molecule has 0 aliphatic rings. The van der Waals surface area contributed by atoms with E-state index in [0.29, 0.717) is 5.69 Å². The highest BCUT2D eigenvalue weighted by Gasteiger charge is 2.23. The minimum Gasteiger partial charge on any atom is -0.452 e. The molecule has 0 aliphatic carbocycles. The number of anilines is 1. The molecule has 1 rings (SSSR count). The van der Waals surface area contributed by atoms with Crippen LogP contribution in [0.1, 0.15) is 46.5 Å². The van der Waals surface area contributed by atoms with Gasteiger partial charge in [0.2, 0.25) is 0 Å². The van der Waals surface area contributed by atoms with Gasteiger partial charge < -0.3 is 10.1 Å². The molecule has 4 nitrogen and oxygen atoms in total. The zero-order chi connectivity index (χ0) is 15.7. The van der Waals surface area contributed by atoms with Crippen LogP contribution >= 0.6 is 0 Å². The fraction of sp³-hybridized carbons (Fsp3) is 0.529. The van der Waals surface area contributed by atoms with E-state index in [1.54, 1.807) is 19.1 Å². The number of hydrogen-bond acceptors (Lipinski definition) is 3. The molecule has 2 atom stereocenters. The van der Waals surface area contributed by atoms with Crippen molar-refractivity contribution in [3.63, 3.8) is 0 Å². The van der Waals surface area contributed by atoms with E-state index >= 15 is 0 Å². The van der Waals surface area contributed by atoms with Crippen molar-refractivity contribution < 1.29 is 14.3 Å². The Morgan fingerprint density at radius 2 is 1.86 bits per heavy atom. The Hall–Kier alpha value is -1.84. The second-order valence-electron chi connectivity index (χ2n) is 5.18. The first kappa shape index (κ1) is 17.2. The molecule has 0 aromatic heterocycles. The Morgan fingerprint density at radius 3 is 2.43 bits per heavy atom. The Morgan fingerprint density at radius 1 is 1.19 bits per heavy atom. The minimum absolute atomic E-state index is 0.114. The van der Waals surface area contributed by atoms with E-state index in [1.807, 2.05) is 25.1 Å². The summed E-state index contributed by atoms with van der Waals surface area (Å²) in [4.78, 5) is 24.0. The summed E-state index contributed by atoms with van der Waals surface area (Å²) in [5, 5.41) is 2.73. The minimum atomic E-state index is -0.784. The fourth-order valence-corrected chi connectivity index (χ4v) is 2.03. The van der Waals surface area contributed by atoms with E-state index in [2.05, 4.69) is 12.2 Å². The summed E-state index contributed by atoms with van der Waals surface area (Å²) in [7, 11) is 0. The van der Waals surface area contributed by atoms with Gasteiger partial charge in [0.05, 0.1) is 5.92 Å². The molecule has 1 aromatic carbocycles. The van der Waals surface area contributed by atoms with Crippen LogP contribution in [0.15, 0.2) is 30.3 Å². The van der Waals surface area contributed by atoms with Crippen molar-refractivity contribution in [2.24, 2.45) is 5.92 Å². The molecular weight excluding hydrogens is 266 g/mol. The standard InChI is InChI=1S/C17H25NO3/c1-4-6-10-14(5-2)17(20)21-13(3)16(19)18-15-11-8-7-9-12-15/h7-9,11-14H,4-6,10H2,1-3H3,(H,18,19)/t13-,14+/m0/s1. The average Bonchev–Trinajstić information content (AvgIpc) is 2.49. The van der Waals surface area contributed by atoms with Crippen LogP contribution in [0.3, 0.4) is 0 Å². The lowest BCUT2D eigenvalue weighted by Gasteiger charge is -2.18. The van der Waals surface area contributed by atoms with Crippen molar-refractivity contribution in [2.75, 3.05) is 5.32 Å². The third kappa shape index (κ3) is 5.98. The molecule has 116 valence electrons. The SMILES string of the molecule is CCCC[C@@H](CC)C(=O)O[C@@H](C)C(=O)Nc1ccccc1. The number of carbonyl (C=O) groups excluding carboxylic acids is 2. The number of esters is 1. The molecule has 0 unspecified atom stereocenters. The number of benzene rings is 1. The molecule has 0 aliphatic heterocycles. The summed E-state index contributed by atoms with van der Waals surface area (Å²) >= 11 is 0. The second kappa shape index (κ2) is 9.16. The summed E-state index contributed by atoms with van der Waals surface area (Å²) in [6.07, 6.45) is 2.82. The number of carbonyl (C=O) groups is 2. The van der Waals surface area contributed by atoms with E-state index in [0.717, 1.165) is 25.7 Å². The first-order valence-electron chi connectivity index (χ1n) is 7.64. The lowest BCUT2D eigenvalue weighted by atomic mass is 10.00. The Bertz CT molecular complexity index is 445. The second-order valence-corrected chi connectivity index (χ2v) is 5.18. The third-order valence-corrected chi connectivity index (χ3v) is 3.44. The van der Waals surface area contributed by atoms with Crippen LogP contribution in [0, 0.1) is 5.92 Å². The number of hydrogen-bond donors (Lipinski definition) is 1. The van der Waals surface area contributed by atoms with E-state index in [9.17, 15) is 9.59 Å². The van der Waals surface area contributed by atoms with Gasteiger partial charge in [-0.15, -0.1) is 0 Å². The van der Waals surface area contributed by atoms with E-state index in [-0.39, 0.29) is 17.8 Å². The molecule has 0 fully saturated rings. The maximum absolute atomic E-state index is 12.0. The van der Waals surface area contributed by atoms with E-state index in [4.69, 9.17) is 4.74 Å². The van der Waals surface area contributed by atoms with Gasteiger partial charge in [-0.1, -0.05) is 44.9 Å². The highest BCUT2D eigenvalue weighted by molar-refractivity contribution is 5.95. The van der Waals surface area contributed by atoms with Crippen LogP contribution in [-0.2, 0) is 14.3 Å². The maximum Gasteiger partial charge on any atom is 0.309 e. The number of para-hydroxylation sites is 1. The van der Waals surface area contributed by atoms with Crippen LogP contribution < -0.4 is 5.32 Å². The van der Waals surface area contributed by atoms with Gasteiger partial charge in [0.1, 0.15) is 0 Å². The molecule has 0 saturated heterocycles. The van der Waals surface area contributed by atoms with E-state index in [1.165, 1.54) is 0 Å². The topological polar surface area (TPSA) is 55.4 Å². The Labute approximate surface area is 126 Å². The predicted molar refractivity (Wildman–Crippen MR) is 83.9 cm³/mol. The normalized spacial score (nSPS) is 13.3. The lowest BCUT2D eigenvalue weighted by molar-refractivity contribution is -0.157. The zero-order valence-corrected chi connectivity index (χ0v) is 13.1. The summed E-state index contributed by atoms with van der Waals surface area (Å²) in [6, 6.07) is 9.14. The van der Waals surface area contributed by atoms with Crippen molar-refractivity contribution in [1.82, 2.24) is 0 Å². The van der Waals surface area contributed by atoms with Crippen molar-refractivity contribution in [1.29, 1.82) is 0 Å². The van der Waals surface area contributed by atoms with Gasteiger partial charge in [-0.05, 0) is 31.9 Å². The summed E-state index contributed by atoms with van der Waals surface area (Å²) in [6.45, 7) is 5.66. The largest absolute Gasteiger partial charge is 0.452 e. The van der Waals surface area contributed by atoms with E-state index < -0.39 is 6.10 Å².